The van der Waals surface area contributed by atoms with Crippen LogP contribution in [0.4, 0.5) is 5.69 Å². The van der Waals surface area contributed by atoms with E-state index >= 15 is 0 Å². The molecule has 0 unspecified atom stereocenters. The van der Waals surface area contributed by atoms with Crippen LogP contribution in [0.2, 0.25) is 0 Å². The zero-order valence-electron chi connectivity index (χ0n) is 11.6. The monoisotopic (exact) mass is 247 g/mol. The summed E-state index contributed by atoms with van der Waals surface area (Å²) in [4.78, 5) is 25.1. The van der Waals surface area contributed by atoms with Gasteiger partial charge in [0.15, 0.2) is 0 Å². The highest BCUT2D eigenvalue weighted by Gasteiger charge is 2.34. The largest absolute Gasteiger partial charge is 0.305 e. The van der Waals surface area contributed by atoms with Gasteiger partial charge in [0.2, 0.25) is 0 Å². The van der Waals surface area contributed by atoms with E-state index in [4.69, 9.17) is 0 Å². The Morgan fingerprint density at radius 2 is 1.78 bits per heavy atom. The molecule has 98 valence electrons. The molecule has 3 nitrogen and oxygen atoms in total. The maximum atomic E-state index is 11.8. The molecular formula is C15H21NO2. The Hall–Kier alpha value is -1.64. The summed E-state index contributed by atoms with van der Waals surface area (Å²) in [6.07, 6.45) is 1.73. The van der Waals surface area contributed by atoms with Gasteiger partial charge in [-0.2, -0.15) is 0 Å². The molecule has 0 N–H and O–H groups in total. The molecule has 1 aliphatic rings. The Labute approximate surface area is 109 Å². The molecule has 0 bridgehead atoms. The molecule has 18 heavy (non-hydrogen) atoms. The lowest BCUT2D eigenvalue weighted by Crippen LogP contribution is -2.30. The minimum Gasteiger partial charge on any atom is -0.305 e. The van der Waals surface area contributed by atoms with Crippen LogP contribution in [0.15, 0.2) is 18.2 Å². The zero-order chi connectivity index (χ0) is 13.7. The van der Waals surface area contributed by atoms with Gasteiger partial charge >= 0.3 is 0 Å². The molecule has 1 amide bonds. The molecule has 0 aromatic heterocycles. The van der Waals surface area contributed by atoms with Crippen LogP contribution in [-0.4, -0.2) is 18.2 Å². The topological polar surface area (TPSA) is 37.4 Å². The fourth-order valence-corrected chi connectivity index (χ4v) is 2.01. The van der Waals surface area contributed by atoms with Crippen molar-refractivity contribution in [2.24, 2.45) is 0 Å². The number of hydrogen-bond donors (Lipinski definition) is 0. The van der Waals surface area contributed by atoms with E-state index in [-0.39, 0.29) is 11.7 Å². The first kappa shape index (κ1) is 14.4. The summed E-state index contributed by atoms with van der Waals surface area (Å²) in [7, 11) is 0. The van der Waals surface area contributed by atoms with Crippen LogP contribution in [0.1, 0.15) is 50.0 Å². The summed E-state index contributed by atoms with van der Waals surface area (Å²) in [5.41, 5.74) is 2.44. The van der Waals surface area contributed by atoms with Crippen molar-refractivity contribution in [3.05, 3.63) is 29.3 Å². The smallest absolute Gasteiger partial charge is 0.299 e. The number of aryl methyl sites for hydroxylation is 1. The van der Waals surface area contributed by atoms with Gasteiger partial charge in [-0.05, 0) is 30.5 Å². The van der Waals surface area contributed by atoms with Crippen molar-refractivity contribution in [2.45, 2.75) is 40.5 Å². The van der Waals surface area contributed by atoms with Gasteiger partial charge in [-0.1, -0.05) is 33.8 Å². The summed E-state index contributed by atoms with van der Waals surface area (Å²) >= 11 is 0. The summed E-state index contributed by atoms with van der Waals surface area (Å²) in [6.45, 7) is 8.64. The maximum Gasteiger partial charge on any atom is 0.299 e. The second kappa shape index (κ2) is 6.34. The zero-order valence-corrected chi connectivity index (χ0v) is 11.6. The Morgan fingerprint density at radius 3 is 2.33 bits per heavy atom. The van der Waals surface area contributed by atoms with Crippen molar-refractivity contribution in [2.75, 3.05) is 11.4 Å². The number of amides is 1. The highest BCUT2D eigenvalue weighted by atomic mass is 16.2. The molecule has 0 spiro atoms. The molecule has 1 aliphatic heterocycles. The van der Waals surface area contributed by atoms with Crippen LogP contribution in [0.5, 0.6) is 0 Å². The number of fused-ring (bicyclic) bond motifs is 1. The second-order valence-corrected chi connectivity index (χ2v) is 3.99. The van der Waals surface area contributed by atoms with Crippen molar-refractivity contribution in [3.8, 4) is 0 Å². The third-order valence-corrected chi connectivity index (χ3v) is 2.89. The van der Waals surface area contributed by atoms with Crippen LogP contribution in [0.3, 0.4) is 0 Å². The van der Waals surface area contributed by atoms with Crippen LogP contribution in [0, 0.1) is 0 Å². The van der Waals surface area contributed by atoms with Crippen molar-refractivity contribution in [1.82, 2.24) is 0 Å². The lowest BCUT2D eigenvalue weighted by Gasteiger charge is -2.15. The molecule has 0 fully saturated rings. The predicted molar refractivity (Wildman–Crippen MR) is 74.1 cm³/mol. The Balaban J connectivity index is 0.000000771. The quantitative estimate of drug-likeness (QED) is 0.769. The average Bonchev–Trinajstić information content (AvgIpc) is 2.66. The molecular weight excluding hydrogens is 226 g/mol. The summed E-state index contributed by atoms with van der Waals surface area (Å²) in [5.74, 6) is -0.746. The number of carbonyl (C=O) groups excluding carboxylic acids is 2. The number of nitrogens with zero attached hydrogens (tertiary/aromatic N) is 1. The van der Waals surface area contributed by atoms with Crippen molar-refractivity contribution >= 4 is 17.4 Å². The van der Waals surface area contributed by atoms with E-state index in [2.05, 4.69) is 0 Å². The minimum absolute atomic E-state index is 0.362. The fraction of sp³-hybridized carbons (Fsp3) is 0.467. The summed E-state index contributed by atoms with van der Waals surface area (Å²) < 4.78 is 0. The lowest BCUT2D eigenvalue weighted by molar-refractivity contribution is -0.114. The number of ketones is 1. The third-order valence-electron chi connectivity index (χ3n) is 2.89. The highest BCUT2D eigenvalue weighted by Crippen LogP contribution is 2.29. The normalized spacial score (nSPS) is 13.2. The van der Waals surface area contributed by atoms with Gasteiger partial charge in [-0.25, -0.2) is 0 Å². The number of rotatable bonds is 3. The Kier molecular flexibility index (Phi) is 5.08. The summed E-state index contributed by atoms with van der Waals surface area (Å²) in [6, 6.07) is 5.70. The Bertz CT molecular complexity index is 452. The van der Waals surface area contributed by atoms with Crippen LogP contribution >= 0.6 is 0 Å². The van der Waals surface area contributed by atoms with E-state index in [1.165, 1.54) is 0 Å². The van der Waals surface area contributed by atoms with Crippen LogP contribution < -0.4 is 4.90 Å². The van der Waals surface area contributed by atoms with Crippen LogP contribution in [0.25, 0.3) is 0 Å². The van der Waals surface area contributed by atoms with Crippen molar-refractivity contribution in [3.63, 3.8) is 0 Å². The molecule has 1 heterocycles. The van der Waals surface area contributed by atoms with Gasteiger partial charge in [0, 0.05) is 6.54 Å². The SMILES string of the molecule is CC.CCCN1C(=O)C(=O)c2cc(CC)ccc21. The first-order valence-corrected chi connectivity index (χ1v) is 6.68. The van der Waals surface area contributed by atoms with E-state index in [1.807, 2.05) is 45.9 Å². The lowest BCUT2D eigenvalue weighted by atomic mass is 10.1. The molecule has 0 saturated carbocycles. The van der Waals surface area contributed by atoms with E-state index < -0.39 is 0 Å². The van der Waals surface area contributed by atoms with E-state index in [0.717, 1.165) is 24.1 Å². The molecule has 0 saturated heterocycles. The van der Waals surface area contributed by atoms with Gasteiger partial charge in [-0.3, -0.25) is 9.59 Å². The first-order chi connectivity index (χ1) is 8.69. The standard InChI is InChI=1S/C13H15NO2.C2H6/c1-3-7-14-11-6-5-9(4-2)8-10(11)12(15)13(14)16;1-2/h5-6,8H,3-4,7H2,1-2H3;1-2H3. The first-order valence-electron chi connectivity index (χ1n) is 6.68. The molecule has 0 aliphatic carbocycles. The van der Waals surface area contributed by atoms with Gasteiger partial charge < -0.3 is 4.90 Å². The third kappa shape index (κ3) is 2.45. The summed E-state index contributed by atoms with van der Waals surface area (Å²) in [5, 5.41) is 0. The minimum atomic E-state index is -0.384. The number of carbonyl (C=O) groups is 2. The molecule has 1 aromatic carbocycles. The van der Waals surface area contributed by atoms with Gasteiger partial charge in [0.1, 0.15) is 0 Å². The van der Waals surface area contributed by atoms with E-state index in [0.29, 0.717) is 12.1 Å². The Morgan fingerprint density at radius 1 is 1.11 bits per heavy atom. The number of anilines is 1. The predicted octanol–water partition coefficient (Wildman–Crippen LogP) is 3.21. The average molecular weight is 247 g/mol. The maximum absolute atomic E-state index is 11.8. The molecule has 0 atom stereocenters. The van der Waals surface area contributed by atoms with Crippen molar-refractivity contribution in [1.29, 1.82) is 0 Å². The number of Topliss-reactive ketones (excluding diaryl/α,β-unsaturated/α-hetero) is 1. The van der Waals surface area contributed by atoms with Crippen LogP contribution in [-0.2, 0) is 11.2 Å². The molecule has 1 aromatic rings. The highest BCUT2D eigenvalue weighted by molar-refractivity contribution is 6.52. The number of hydrogen-bond acceptors (Lipinski definition) is 2. The van der Waals surface area contributed by atoms with E-state index in [9.17, 15) is 9.59 Å². The second-order valence-electron chi connectivity index (χ2n) is 3.99. The molecule has 0 radical (unpaired) electrons. The van der Waals surface area contributed by atoms with Crippen molar-refractivity contribution < 1.29 is 9.59 Å². The molecule has 2 rings (SSSR count). The van der Waals surface area contributed by atoms with E-state index in [1.54, 1.807) is 4.90 Å². The van der Waals surface area contributed by atoms with Gasteiger partial charge in [0.25, 0.3) is 11.7 Å². The molecule has 3 heteroatoms. The van der Waals surface area contributed by atoms with Gasteiger partial charge in [0.05, 0.1) is 11.3 Å². The van der Waals surface area contributed by atoms with Gasteiger partial charge in [-0.15, -0.1) is 0 Å². The fourth-order valence-electron chi connectivity index (χ4n) is 2.01. The number of benzene rings is 1.